The highest BCUT2D eigenvalue weighted by atomic mass is 16.5. The number of carbonyl (C=O) groups is 1. The van der Waals surface area contributed by atoms with E-state index in [9.17, 15) is 4.79 Å². The summed E-state index contributed by atoms with van der Waals surface area (Å²) >= 11 is 0. The minimum absolute atomic E-state index is 0.0678. The molecule has 0 aliphatic carbocycles. The van der Waals surface area contributed by atoms with Crippen LogP contribution in [0.15, 0.2) is 0 Å². The molecule has 0 aliphatic heterocycles. The van der Waals surface area contributed by atoms with Crippen molar-refractivity contribution in [2.75, 3.05) is 44.0 Å². The fraction of sp³-hybridized carbons (Fsp3) is 0.692. The van der Waals surface area contributed by atoms with Gasteiger partial charge in [0, 0.05) is 20.6 Å². The second kappa shape index (κ2) is 8.93. The predicted molar refractivity (Wildman–Crippen MR) is 81.7 cm³/mol. The summed E-state index contributed by atoms with van der Waals surface area (Å²) in [6.07, 6.45) is 1.77. The van der Waals surface area contributed by atoms with Gasteiger partial charge in [-0.2, -0.15) is 15.0 Å². The predicted octanol–water partition coefficient (Wildman–Crippen LogP) is 0.664. The summed E-state index contributed by atoms with van der Waals surface area (Å²) in [5.41, 5.74) is 0. The highest BCUT2D eigenvalue weighted by Crippen LogP contribution is 2.13. The number of carbonyl (C=O) groups excluding carboxylic acids is 1. The van der Waals surface area contributed by atoms with Gasteiger partial charge in [-0.3, -0.25) is 4.79 Å². The van der Waals surface area contributed by atoms with Crippen molar-refractivity contribution in [1.29, 1.82) is 0 Å². The van der Waals surface area contributed by atoms with E-state index in [0.29, 0.717) is 25.0 Å². The van der Waals surface area contributed by atoms with Gasteiger partial charge in [-0.1, -0.05) is 13.8 Å². The van der Waals surface area contributed by atoms with Gasteiger partial charge in [-0.15, -0.1) is 0 Å². The van der Waals surface area contributed by atoms with Gasteiger partial charge in [0.25, 0.3) is 0 Å². The van der Waals surface area contributed by atoms with Gasteiger partial charge >= 0.3 is 6.01 Å². The highest BCUT2D eigenvalue weighted by Gasteiger charge is 2.13. The fourth-order valence-corrected chi connectivity index (χ4v) is 1.49. The molecule has 21 heavy (non-hydrogen) atoms. The maximum Gasteiger partial charge on any atom is 0.323 e. The van der Waals surface area contributed by atoms with Crippen molar-refractivity contribution >= 4 is 17.8 Å². The van der Waals surface area contributed by atoms with Gasteiger partial charge < -0.3 is 20.3 Å². The van der Waals surface area contributed by atoms with Crippen molar-refractivity contribution in [2.24, 2.45) is 0 Å². The molecule has 8 nitrogen and oxygen atoms in total. The molecular weight excluding hydrogens is 272 g/mol. The van der Waals surface area contributed by atoms with E-state index in [-0.39, 0.29) is 18.5 Å². The number of aromatic nitrogens is 3. The van der Waals surface area contributed by atoms with Crippen LogP contribution in [-0.2, 0) is 4.79 Å². The Balaban J connectivity index is 2.77. The molecular formula is C13H24N6O2. The van der Waals surface area contributed by atoms with Crippen molar-refractivity contribution < 1.29 is 9.53 Å². The maximum absolute atomic E-state index is 11.7. The Morgan fingerprint density at radius 1 is 1.24 bits per heavy atom. The number of hydrogen-bond acceptors (Lipinski definition) is 7. The van der Waals surface area contributed by atoms with Crippen LogP contribution in [-0.4, -0.2) is 54.7 Å². The first kappa shape index (κ1) is 16.9. The lowest BCUT2D eigenvalue weighted by Crippen LogP contribution is -2.36. The van der Waals surface area contributed by atoms with Gasteiger partial charge in [0.15, 0.2) is 0 Å². The number of anilines is 2. The zero-order valence-corrected chi connectivity index (χ0v) is 13.1. The lowest BCUT2D eigenvalue weighted by Gasteiger charge is -2.17. The molecule has 2 N–H and O–H groups in total. The lowest BCUT2D eigenvalue weighted by molar-refractivity contribution is -0.119. The van der Waals surface area contributed by atoms with Crippen LogP contribution in [0.25, 0.3) is 0 Å². The summed E-state index contributed by atoms with van der Waals surface area (Å²) in [7, 11) is 3.47. The van der Waals surface area contributed by atoms with Crippen molar-refractivity contribution in [3.63, 3.8) is 0 Å². The molecule has 0 aliphatic rings. The topological polar surface area (TPSA) is 92.3 Å². The summed E-state index contributed by atoms with van der Waals surface area (Å²) in [5.74, 6) is 0.737. The van der Waals surface area contributed by atoms with Crippen LogP contribution in [0.2, 0.25) is 0 Å². The third kappa shape index (κ3) is 5.80. The summed E-state index contributed by atoms with van der Waals surface area (Å²) in [6.45, 7) is 5.39. The Bertz CT molecular complexity index is 454. The number of ether oxygens (including phenoxy) is 1. The number of rotatable bonds is 9. The summed E-state index contributed by atoms with van der Waals surface area (Å²) in [6, 6.07) is 0.256. The minimum atomic E-state index is -0.0678. The molecule has 1 amide bonds. The van der Waals surface area contributed by atoms with E-state index in [2.05, 4.69) is 25.6 Å². The van der Waals surface area contributed by atoms with Crippen LogP contribution in [0.3, 0.4) is 0 Å². The molecule has 0 atom stereocenters. The van der Waals surface area contributed by atoms with E-state index in [1.165, 1.54) is 0 Å². The summed E-state index contributed by atoms with van der Waals surface area (Å²) < 4.78 is 5.43. The SMILES string of the molecule is CCCNC(=O)CN(C)c1nc(NC)nc(OCCC)n1. The van der Waals surface area contributed by atoms with Crippen LogP contribution in [0.1, 0.15) is 26.7 Å². The first-order chi connectivity index (χ1) is 10.1. The molecule has 1 rings (SSSR count). The minimum Gasteiger partial charge on any atom is -0.463 e. The fourth-order valence-electron chi connectivity index (χ4n) is 1.49. The zero-order valence-electron chi connectivity index (χ0n) is 13.1. The van der Waals surface area contributed by atoms with Gasteiger partial charge in [0.05, 0.1) is 13.2 Å². The van der Waals surface area contributed by atoms with Gasteiger partial charge in [0.1, 0.15) is 0 Å². The average Bonchev–Trinajstić information content (AvgIpc) is 2.50. The van der Waals surface area contributed by atoms with Crippen molar-refractivity contribution in [3.8, 4) is 6.01 Å². The number of likely N-dealkylation sites (N-methyl/N-ethyl adjacent to an activating group) is 1. The number of nitrogens with one attached hydrogen (secondary N) is 2. The van der Waals surface area contributed by atoms with Crippen LogP contribution in [0, 0.1) is 0 Å². The smallest absolute Gasteiger partial charge is 0.323 e. The van der Waals surface area contributed by atoms with Crippen LogP contribution >= 0.6 is 0 Å². The van der Waals surface area contributed by atoms with Gasteiger partial charge in [0.2, 0.25) is 17.8 Å². The van der Waals surface area contributed by atoms with E-state index in [1.54, 1.807) is 19.0 Å². The molecule has 0 spiro atoms. The van der Waals surface area contributed by atoms with Crippen LogP contribution in [0.5, 0.6) is 6.01 Å². The second-order valence-corrected chi connectivity index (χ2v) is 4.55. The molecule has 1 aromatic rings. The molecule has 0 radical (unpaired) electrons. The largest absolute Gasteiger partial charge is 0.463 e. The standard InChI is InChI=1S/C13H24N6O2/c1-5-7-15-10(20)9-19(4)12-16-11(14-3)17-13(18-12)21-8-6-2/h5-9H2,1-4H3,(H,15,20)(H,14,16,17,18). The van der Waals surface area contributed by atoms with E-state index in [0.717, 1.165) is 12.8 Å². The quantitative estimate of drug-likeness (QED) is 0.691. The van der Waals surface area contributed by atoms with E-state index < -0.39 is 0 Å². The van der Waals surface area contributed by atoms with Crippen molar-refractivity contribution in [3.05, 3.63) is 0 Å². The lowest BCUT2D eigenvalue weighted by atomic mass is 10.4. The van der Waals surface area contributed by atoms with Crippen LogP contribution < -0.4 is 20.3 Å². The summed E-state index contributed by atoms with van der Waals surface area (Å²) in [4.78, 5) is 25.9. The third-order valence-corrected chi connectivity index (χ3v) is 2.56. The number of amides is 1. The zero-order chi connectivity index (χ0) is 15.7. The van der Waals surface area contributed by atoms with Gasteiger partial charge in [-0.05, 0) is 12.8 Å². The Labute approximate surface area is 125 Å². The van der Waals surface area contributed by atoms with Crippen molar-refractivity contribution in [2.45, 2.75) is 26.7 Å². The molecule has 0 saturated heterocycles. The molecule has 0 fully saturated rings. The molecule has 8 heteroatoms. The normalized spacial score (nSPS) is 10.1. The average molecular weight is 296 g/mol. The van der Waals surface area contributed by atoms with E-state index >= 15 is 0 Å². The monoisotopic (exact) mass is 296 g/mol. The molecule has 118 valence electrons. The maximum atomic E-state index is 11.7. The Morgan fingerprint density at radius 2 is 2.00 bits per heavy atom. The molecule has 1 aromatic heterocycles. The first-order valence-corrected chi connectivity index (χ1v) is 7.15. The summed E-state index contributed by atoms with van der Waals surface area (Å²) in [5, 5.41) is 5.67. The Morgan fingerprint density at radius 3 is 2.62 bits per heavy atom. The number of nitrogens with zero attached hydrogens (tertiary/aromatic N) is 4. The van der Waals surface area contributed by atoms with E-state index in [1.807, 2.05) is 13.8 Å². The Hall–Kier alpha value is -2.12. The molecule has 1 heterocycles. The highest BCUT2D eigenvalue weighted by molar-refractivity contribution is 5.80. The van der Waals surface area contributed by atoms with Crippen LogP contribution in [0.4, 0.5) is 11.9 Å². The van der Waals surface area contributed by atoms with Crippen molar-refractivity contribution in [1.82, 2.24) is 20.3 Å². The van der Waals surface area contributed by atoms with Gasteiger partial charge in [-0.25, -0.2) is 0 Å². The molecule has 0 saturated carbocycles. The number of hydrogen-bond donors (Lipinski definition) is 2. The molecule has 0 unspecified atom stereocenters. The second-order valence-electron chi connectivity index (χ2n) is 4.55. The van der Waals surface area contributed by atoms with E-state index in [4.69, 9.17) is 4.74 Å². The molecule has 0 bridgehead atoms. The first-order valence-electron chi connectivity index (χ1n) is 7.15. The molecule has 0 aromatic carbocycles. The third-order valence-electron chi connectivity index (χ3n) is 2.56. The Kier molecular flexibility index (Phi) is 7.20.